The van der Waals surface area contributed by atoms with E-state index in [4.69, 9.17) is 23.2 Å². The standard InChI is InChI=1S/C15H15Cl2N3/c16-14-4-3-11(8-15(14)17)20(13-5-7-19-10-13)12-2-1-6-18-9-12/h1-4,6,8-9,13,19H,5,7,10H2/t13-/m0/s1. The van der Waals surface area contributed by atoms with Crippen molar-refractivity contribution in [1.29, 1.82) is 0 Å². The van der Waals surface area contributed by atoms with E-state index in [1.165, 1.54) is 0 Å². The van der Waals surface area contributed by atoms with Gasteiger partial charge in [0.15, 0.2) is 0 Å². The van der Waals surface area contributed by atoms with Gasteiger partial charge in [-0.15, -0.1) is 0 Å². The fraction of sp³-hybridized carbons (Fsp3) is 0.267. The lowest BCUT2D eigenvalue weighted by molar-refractivity contribution is 0.711. The lowest BCUT2D eigenvalue weighted by atomic mass is 10.1. The Morgan fingerprint density at radius 2 is 2.05 bits per heavy atom. The molecule has 1 atom stereocenters. The average Bonchev–Trinajstić information content (AvgIpc) is 2.98. The zero-order chi connectivity index (χ0) is 13.9. The average molecular weight is 308 g/mol. The van der Waals surface area contributed by atoms with Crippen LogP contribution in [-0.4, -0.2) is 24.1 Å². The van der Waals surface area contributed by atoms with Crippen molar-refractivity contribution in [2.24, 2.45) is 0 Å². The first-order valence-corrected chi connectivity index (χ1v) is 7.36. The fourth-order valence-corrected chi connectivity index (χ4v) is 2.85. The summed E-state index contributed by atoms with van der Waals surface area (Å²) in [5.74, 6) is 0. The van der Waals surface area contributed by atoms with Crippen LogP contribution in [0.25, 0.3) is 0 Å². The second-order valence-electron chi connectivity index (χ2n) is 4.83. The molecule has 3 rings (SSSR count). The highest BCUT2D eigenvalue weighted by molar-refractivity contribution is 6.42. The zero-order valence-corrected chi connectivity index (χ0v) is 12.4. The second kappa shape index (κ2) is 6.00. The second-order valence-corrected chi connectivity index (χ2v) is 5.64. The Bertz CT molecular complexity index is 583. The van der Waals surface area contributed by atoms with Gasteiger partial charge in [-0.05, 0) is 43.3 Å². The molecule has 2 heterocycles. The lowest BCUT2D eigenvalue weighted by Crippen LogP contribution is -2.33. The van der Waals surface area contributed by atoms with Crippen molar-refractivity contribution in [3.63, 3.8) is 0 Å². The SMILES string of the molecule is Clc1ccc(N(c2cccnc2)[C@H]2CCNC2)cc1Cl. The summed E-state index contributed by atoms with van der Waals surface area (Å²) in [4.78, 5) is 6.49. The summed E-state index contributed by atoms with van der Waals surface area (Å²) < 4.78 is 0. The number of aromatic nitrogens is 1. The maximum Gasteiger partial charge on any atom is 0.0613 e. The summed E-state index contributed by atoms with van der Waals surface area (Å²) in [6.45, 7) is 1.98. The maximum atomic E-state index is 6.16. The van der Waals surface area contributed by atoms with E-state index in [1.807, 2.05) is 30.5 Å². The van der Waals surface area contributed by atoms with Gasteiger partial charge in [0.25, 0.3) is 0 Å². The van der Waals surface area contributed by atoms with Crippen LogP contribution >= 0.6 is 23.2 Å². The Balaban J connectivity index is 2.02. The molecular formula is C15H15Cl2N3. The largest absolute Gasteiger partial charge is 0.336 e. The lowest BCUT2D eigenvalue weighted by Gasteiger charge is -2.30. The summed E-state index contributed by atoms with van der Waals surface area (Å²) in [5.41, 5.74) is 2.11. The summed E-state index contributed by atoms with van der Waals surface area (Å²) >= 11 is 12.2. The molecule has 1 saturated heterocycles. The predicted molar refractivity (Wildman–Crippen MR) is 84.1 cm³/mol. The summed E-state index contributed by atoms with van der Waals surface area (Å²) in [6.07, 6.45) is 4.75. The first kappa shape index (κ1) is 13.7. The minimum absolute atomic E-state index is 0.399. The highest BCUT2D eigenvalue weighted by Gasteiger charge is 2.24. The topological polar surface area (TPSA) is 28.2 Å². The Morgan fingerprint density at radius 3 is 2.70 bits per heavy atom. The maximum absolute atomic E-state index is 6.16. The minimum atomic E-state index is 0.399. The molecule has 0 radical (unpaired) electrons. The smallest absolute Gasteiger partial charge is 0.0613 e. The van der Waals surface area contributed by atoms with Crippen LogP contribution < -0.4 is 10.2 Å². The van der Waals surface area contributed by atoms with Crippen LogP contribution in [0.1, 0.15) is 6.42 Å². The monoisotopic (exact) mass is 307 g/mol. The summed E-state index contributed by atoms with van der Waals surface area (Å²) in [7, 11) is 0. The molecule has 1 aliphatic rings. The summed E-state index contributed by atoms with van der Waals surface area (Å²) in [5, 5.41) is 4.55. The van der Waals surface area contributed by atoms with Gasteiger partial charge in [-0.2, -0.15) is 0 Å². The fourth-order valence-electron chi connectivity index (χ4n) is 2.56. The number of rotatable bonds is 3. The molecule has 3 nitrogen and oxygen atoms in total. The van der Waals surface area contributed by atoms with Gasteiger partial charge in [-0.25, -0.2) is 0 Å². The van der Waals surface area contributed by atoms with Gasteiger partial charge in [-0.1, -0.05) is 23.2 Å². The zero-order valence-electron chi connectivity index (χ0n) is 10.9. The molecule has 104 valence electrons. The molecule has 0 saturated carbocycles. The normalized spacial score (nSPS) is 18.2. The van der Waals surface area contributed by atoms with Crippen molar-refractivity contribution >= 4 is 34.6 Å². The van der Waals surface area contributed by atoms with Crippen molar-refractivity contribution in [2.45, 2.75) is 12.5 Å². The molecule has 0 amide bonds. The quantitative estimate of drug-likeness (QED) is 0.932. The molecular weight excluding hydrogens is 293 g/mol. The third kappa shape index (κ3) is 2.75. The number of benzene rings is 1. The van der Waals surface area contributed by atoms with E-state index in [2.05, 4.69) is 21.3 Å². The first-order chi connectivity index (χ1) is 9.75. The molecule has 1 aliphatic heterocycles. The van der Waals surface area contributed by atoms with E-state index in [0.717, 1.165) is 30.9 Å². The molecule has 0 aliphatic carbocycles. The number of hydrogen-bond donors (Lipinski definition) is 1. The molecule has 2 aromatic rings. The van der Waals surface area contributed by atoms with Crippen molar-refractivity contribution in [2.75, 3.05) is 18.0 Å². The molecule has 1 fully saturated rings. The van der Waals surface area contributed by atoms with Gasteiger partial charge < -0.3 is 10.2 Å². The van der Waals surface area contributed by atoms with E-state index in [9.17, 15) is 0 Å². The van der Waals surface area contributed by atoms with Gasteiger partial charge in [0.2, 0.25) is 0 Å². The van der Waals surface area contributed by atoms with Crippen molar-refractivity contribution < 1.29 is 0 Å². The third-order valence-corrected chi connectivity index (χ3v) is 4.24. The van der Waals surface area contributed by atoms with Gasteiger partial charge >= 0.3 is 0 Å². The van der Waals surface area contributed by atoms with Crippen molar-refractivity contribution in [1.82, 2.24) is 10.3 Å². The number of hydrogen-bond acceptors (Lipinski definition) is 3. The van der Waals surface area contributed by atoms with Gasteiger partial charge in [0, 0.05) is 24.5 Å². The first-order valence-electron chi connectivity index (χ1n) is 6.61. The van der Waals surface area contributed by atoms with Crippen LogP contribution in [0.4, 0.5) is 11.4 Å². The van der Waals surface area contributed by atoms with Crippen LogP contribution in [0.2, 0.25) is 10.0 Å². The van der Waals surface area contributed by atoms with Crippen LogP contribution in [0, 0.1) is 0 Å². The Kier molecular flexibility index (Phi) is 4.10. The van der Waals surface area contributed by atoms with E-state index in [1.54, 1.807) is 6.20 Å². The van der Waals surface area contributed by atoms with Crippen LogP contribution in [0.15, 0.2) is 42.7 Å². The Morgan fingerprint density at radius 1 is 1.15 bits per heavy atom. The third-order valence-electron chi connectivity index (χ3n) is 3.50. The van der Waals surface area contributed by atoms with Crippen LogP contribution in [0.3, 0.4) is 0 Å². The van der Waals surface area contributed by atoms with Crippen molar-refractivity contribution in [3.05, 3.63) is 52.8 Å². The molecule has 20 heavy (non-hydrogen) atoms. The van der Waals surface area contributed by atoms with E-state index in [0.29, 0.717) is 16.1 Å². The molecule has 5 heteroatoms. The van der Waals surface area contributed by atoms with E-state index >= 15 is 0 Å². The van der Waals surface area contributed by atoms with Crippen molar-refractivity contribution in [3.8, 4) is 0 Å². The highest BCUT2D eigenvalue weighted by atomic mass is 35.5. The van der Waals surface area contributed by atoms with E-state index < -0.39 is 0 Å². The number of nitrogens with zero attached hydrogens (tertiary/aromatic N) is 2. The molecule has 0 bridgehead atoms. The molecule has 1 N–H and O–H groups in total. The highest BCUT2D eigenvalue weighted by Crippen LogP contribution is 2.33. The Hall–Kier alpha value is -1.29. The summed E-state index contributed by atoms with van der Waals surface area (Å²) in [6, 6.07) is 10.2. The molecule has 1 aromatic carbocycles. The number of anilines is 2. The number of pyridine rings is 1. The molecule has 0 unspecified atom stereocenters. The van der Waals surface area contributed by atoms with Gasteiger partial charge in [-0.3, -0.25) is 4.98 Å². The number of halogens is 2. The predicted octanol–water partition coefficient (Wildman–Crippen LogP) is 3.89. The van der Waals surface area contributed by atoms with Gasteiger partial charge in [0.1, 0.15) is 0 Å². The minimum Gasteiger partial charge on any atom is -0.336 e. The van der Waals surface area contributed by atoms with E-state index in [-0.39, 0.29) is 0 Å². The molecule has 0 spiro atoms. The Labute approximate surface area is 128 Å². The molecule has 1 aromatic heterocycles. The van der Waals surface area contributed by atoms with Gasteiger partial charge in [0.05, 0.1) is 21.9 Å². The number of nitrogens with one attached hydrogen (secondary N) is 1. The van der Waals surface area contributed by atoms with Crippen LogP contribution in [-0.2, 0) is 0 Å². The van der Waals surface area contributed by atoms with Crippen LogP contribution in [0.5, 0.6) is 0 Å².